The van der Waals surface area contributed by atoms with E-state index in [-0.39, 0.29) is 41.4 Å². The Balaban J connectivity index is 0.986. The highest BCUT2D eigenvalue weighted by Gasteiger charge is 2.28. The summed E-state index contributed by atoms with van der Waals surface area (Å²) in [5.41, 5.74) is 10.6. The molecule has 5 aromatic rings. The first-order valence-electron chi connectivity index (χ1n) is 14.1. The van der Waals surface area contributed by atoms with Crippen LogP contribution in [0.15, 0.2) is 58.4 Å². The van der Waals surface area contributed by atoms with Gasteiger partial charge in [-0.1, -0.05) is 30.3 Å². The minimum Gasteiger partial charge on any atom is -0.394 e. The summed E-state index contributed by atoms with van der Waals surface area (Å²) < 4.78 is 0. The van der Waals surface area contributed by atoms with Gasteiger partial charge in [-0.05, 0) is 64.8 Å². The van der Waals surface area contributed by atoms with Gasteiger partial charge in [-0.25, -0.2) is 9.97 Å². The lowest BCUT2D eigenvalue weighted by Gasteiger charge is -2.18. The number of fused-ring (bicyclic) bond motifs is 2. The predicted molar refractivity (Wildman–Crippen MR) is 158 cm³/mol. The maximum absolute atomic E-state index is 13.1. The number of aromatic amines is 1. The first-order chi connectivity index (χ1) is 21.4. The molecule has 2 atom stereocenters. The van der Waals surface area contributed by atoms with Crippen LogP contribution in [0.3, 0.4) is 0 Å². The van der Waals surface area contributed by atoms with Crippen LogP contribution >= 0.6 is 0 Å². The minimum atomic E-state index is -0.660. The van der Waals surface area contributed by atoms with Gasteiger partial charge in [0.15, 0.2) is 0 Å². The lowest BCUT2D eigenvalue weighted by Crippen LogP contribution is -2.37. The van der Waals surface area contributed by atoms with E-state index in [2.05, 4.69) is 46.5 Å². The monoisotopic (exact) mass is 590 g/mol. The molecule has 2 amide bonds. The van der Waals surface area contributed by atoms with Gasteiger partial charge < -0.3 is 21.7 Å². The largest absolute Gasteiger partial charge is 0.394 e. The van der Waals surface area contributed by atoms with Gasteiger partial charge in [-0.2, -0.15) is 5.21 Å². The molecule has 14 nitrogen and oxygen atoms in total. The summed E-state index contributed by atoms with van der Waals surface area (Å²) in [7, 11) is 0. The van der Waals surface area contributed by atoms with Gasteiger partial charge in [-0.3, -0.25) is 19.2 Å². The second-order valence-electron chi connectivity index (χ2n) is 10.9. The lowest BCUT2D eigenvalue weighted by molar-refractivity contribution is 0.0931. The summed E-state index contributed by atoms with van der Waals surface area (Å²) in [4.78, 5) is 57.6. The van der Waals surface area contributed by atoms with Gasteiger partial charge in [0.1, 0.15) is 29.1 Å². The normalized spacial score (nSPS) is 16.8. The maximum atomic E-state index is 13.1. The van der Waals surface area contributed by atoms with E-state index < -0.39 is 22.7 Å². The fourth-order valence-corrected chi connectivity index (χ4v) is 5.94. The fourth-order valence-electron chi connectivity index (χ4n) is 5.94. The van der Waals surface area contributed by atoms with Crippen LogP contribution in [0.25, 0.3) is 11.4 Å². The van der Waals surface area contributed by atoms with Gasteiger partial charge in [0.2, 0.25) is 5.82 Å². The maximum Gasteiger partial charge on any atom is 0.270 e. The molecule has 2 aliphatic rings. The molecule has 0 spiro atoms. The zero-order valence-corrected chi connectivity index (χ0v) is 23.3. The van der Waals surface area contributed by atoms with Crippen molar-refractivity contribution < 1.29 is 9.59 Å². The number of benzene rings is 2. The van der Waals surface area contributed by atoms with Gasteiger partial charge in [0.25, 0.3) is 22.7 Å². The van der Waals surface area contributed by atoms with E-state index in [1.807, 2.05) is 36.4 Å². The number of nitrogens with zero attached hydrogens (tertiary/aromatic N) is 5. The van der Waals surface area contributed by atoms with Crippen molar-refractivity contribution in [1.82, 2.24) is 41.2 Å². The topological polar surface area (TPSA) is 211 Å². The summed E-state index contributed by atoms with van der Waals surface area (Å²) in [6.45, 7) is 0.220. The van der Waals surface area contributed by atoms with Crippen LogP contribution in [0.2, 0.25) is 0 Å². The molecule has 2 heterocycles. The molecule has 220 valence electrons. The van der Waals surface area contributed by atoms with Gasteiger partial charge in [-0.15, -0.1) is 10.2 Å². The quantitative estimate of drug-likeness (QED) is 0.162. The molecule has 0 saturated heterocycles. The molecular weight excluding hydrogens is 564 g/mol. The molecular formula is C30H26N10O4. The second-order valence-corrected chi connectivity index (χ2v) is 10.9. The Morgan fingerprint density at radius 1 is 0.886 bits per heavy atom. The lowest BCUT2D eigenvalue weighted by atomic mass is 10.0. The van der Waals surface area contributed by atoms with Crippen molar-refractivity contribution in [3.63, 3.8) is 0 Å². The van der Waals surface area contributed by atoms with E-state index >= 15 is 0 Å². The Labute approximate surface area is 249 Å². The third kappa shape index (κ3) is 4.85. The van der Waals surface area contributed by atoms with Crippen molar-refractivity contribution in [2.75, 3.05) is 11.1 Å². The number of amides is 2. The van der Waals surface area contributed by atoms with E-state index in [0.717, 1.165) is 59.1 Å². The fraction of sp³-hybridized carbons (Fsp3) is 0.233. The van der Waals surface area contributed by atoms with Crippen molar-refractivity contribution in [3.05, 3.63) is 108 Å². The van der Waals surface area contributed by atoms with E-state index in [1.54, 1.807) is 0 Å². The number of nitrogen functional groups attached to an aromatic ring is 1. The highest BCUT2D eigenvalue weighted by Crippen LogP contribution is 2.35. The molecule has 0 radical (unpaired) electrons. The molecule has 0 bridgehead atoms. The Bertz CT molecular complexity index is 2000. The summed E-state index contributed by atoms with van der Waals surface area (Å²) in [5.74, 6) is -0.345. The number of carbonyl (C=O) groups is 2. The van der Waals surface area contributed by atoms with Crippen molar-refractivity contribution >= 4 is 23.2 Å². The Morgan fingerprint density at radius 3 is 2.48 bits per heavy atom. The minimum absolute atomic E-state index is 0.0339. The third-order valence-electron chi connectivity index (χ3n) is 8.27. The van der Waals surface area contributed by atoms with Gasteiger partial charge >= 0.3 is 0 Å². The predicted octanol–water partition coefficient (Wildman–Crippen LogP) is 1.28. The highest BCUT2D eigenvalue weighted by atomic mass is 16.2. The molecule has 7 rings (SSSR count). The average molecular weight is 591 g/mol. The number of anilines is 2. The number of tetrazole rings is 1. The Kier molecular flexibility index (Phi) is 6.64. The number of aromatic nitrogens is 6. The zero-order chi connectivity index (χ0) is 30.4. The van der Waals surface area contributed by atoms with Crippen LogP contribution in [0.4, 0.5) is 11.4 Å². The first kappa shape index (κ1) is 27.1. The van der Waals surface area contributed by atoms with Crippen molar-refractivity contribution in [2.45, 2.75) is 44.3 Å². The molecule has 0 fully saturated rings. The van der Waals surface area contributed by atoms with Crippen LogP contribution in [0, 0.1) is 0 Å². The number of hydrogen-bond donors (Lipinski definition) is 5. The number of carbonyl (C=O) groups excluding carboxylic acids is 2. The van der Waals surface area contributed by atoms with Crippen molar-refractivity contribution in [3.8, 4) is 11.4 Å². The standard InChI is InChI=1S/C30H26N10O4/c31-24-25(27(42)26(24)41)35-21-7-4-15-2-1-14(9-19(15)21)12-32-29(43)22-11-23(34-13-33-22)30(44)36-20-8-5-16-10-17(3-6-18(16)20)28-37-39-40-38-28/h1-3,6,9-11,13,20-21,35H,4-5,7-8,12,31H2,(H,32,43)(H,36,44)(H,37,38,39,40)/t20-,21?/m0/s1. The van der Waals surface area contributed by atoms with Crippen LogP contribution in [0.5, 0.6) is 0 Å². The number of aryl methyl sites for hydroxylation is 2. The number of hydrogen-bond acceptors (Lipinski definition) is 11. The average Bonchev–Trinajstić information content (AvgIpc) is 3.82. The first-order valence-corrected chi connectivity index (χ1v) is 14.1. The number of nitrogens with two attached hydrogens (primary N) is 1. The van der Waals surface area contributed by atoms with Gasteiger partial charge in [0.05, 0.1) is 12.1 Å². The Morgan fingerprint density at radius 2 is 1.68 bits per heavy atom. The molecule has 2 aromatic heterocycles. The van der Waals surface area contributed by atoms with Crippen LogP contribution in [-0.4, -0.2) is 42.4 Å². The van der Waals surface area contributed by atoms with Crippen molar-refractivity contribution in [1.29, 1.82) is 0 Å². The number of nitrogens with one attached hydrogen (secondary N) is 4. The van der Waals surface area contributed by atoms with Gasteiger partial charge in [0, 0.05) is 18.2 Å². The van der Waals surface area contributed by atoms with Crippen LogP contribution in [0.1, 0.15) is 73.7 Å². The summed E-state index contributed by atoms with van der Waals surface area (Å²) in [6, 6.07) is 12.7. The summed E-state index contributed by atoms with van der Waals surface area (Å²) in [6.07, 6.45) is 4.28. The molecule has 0 saturated carbocycles. The molecule has 1 unspecified atom stereocenters. The Hall–Kier alpha value is -5.79. The molecule has 2 aliphatic carbocycles. The van der Waals surface area contributed by atoms with Crippen LogP contribution in [-0.2, 0) is 19.4 Å². The number of rotatable bonds is 8. The molecule has 6 N–H and O–H groups in total. The van der Waals surface area contributed by atoms with Crippen LogP contribution < -0.4 is 32.5 Å². The number of H-pyrrole nitrogens is 1. The molecule has 3 aromatic carbocycles. The molecule has 14 heteroatoms. The zero-order valence-electron chi connectivity index (χ0n) is 23.3. The SMILES string of the molecule is Nc1c(NC2CCc3ccc(CNC(=O)c4cc(C(=O)N[C@H]5CCc6cc(-c7nn[nH]n7)ccc65)ncn4)cc32)c(=O)c1=O. The second kappa shape index (κ2) is 10.8. The van der Waals surface area contributed by atoms with E-state index in [1.165, 1.54) is 12.4 Å². The highest BCUT2D eigenvalue weighted by molar-refractivity contribution is 5.97. The molecule has 0 aliphatic heterocycles. The summed E-state index contributed by atoms with van der Waals surface area (Å²) >= 11 is 0. The van der Waals surface area contributed by atoms with Crippen molar-refractivity contribution in [2.24, 2.45) is 0 Å². The van der Waals surface area contributed by atoms with E-state index in [0.29, 0.717) is 5.82 Å². The van der Waals surface area contributed by atoms with E-state index in [4.69, 9.17) is 5.73 Å². The third-order valence-corrected chi connectivity index (χ3v) is 8.27. The summed E-state index contributed by atoms with van der Waals surface area (Å²) in [5, 5.41) is 23.1. The smallest absolute Gasteiger partial charge is 0.270 e. The molecule has 44 heavy (non-hydrogen) atoms. The van der Waals surface area contributed by atoms with E-state index in [9.17, 15) is 19.2 Å².